The first-order valence-corrected chi connectivity index (χ1v) is 5.80. The number of hydrogen-bond acceptors (Lipinski definition) is 4. The smallest absolute Gasteiger partial charge is 0.115 e. The van der Waals surface area contributed by atoms with E-state index in [0.29, 0.717) is 0 Å². The van der Waals surface area contributed by atoms with Crippen LogP contribution in [-0.4, -0.2) is 26.3 Å². The zero-order chi connectivity index (χ0) is 12.1. The van der Waals surface area contributed by atoms with Crippen molar-refractivity contribution in [1.29, 1.82) is 0 Å². The van der Waals surface area contributed by atoms with Crippen LogP contribution in [0.1, 0.15) is 30.8 Å². The lowest BCUT2D eigenvalue weighted by Crippen LogP contribution is -2.24. The summed E-state index contributed by atoms with van der Waals surface area (Å²) < 4.78 is 1.80. The first kappa shape index (κ1) is 11.7. The molecule has 0 amide bonds. The van der Waals surface area contributed by atoms with Gasteiger partial charge in [0.1, 0.15) is 6.33 Å². The summed E-state index contributed by atoms with van der Waals surface area (Å²) in [5.41, 5.74) is 1.94. The SMILES string of the molecule is CCCNC(c1ccncn1)c1ccn(C)n1. The summed E-state index contributed by atoms with van der Waals surface area (Å²) in [6.45, 7) is 3.08. The summed E-state index contributed by atoms with van der Waals surface area (Å²) in [7, 11) is 1.92. The number of aryl methyl sites for hydroxylation is 1. The summed E-state index contributed by atoms with van der Waals surface area (Å²) >= 11 is 0. The summed E-state index contributed by atoms with van der Waals surface area (Å²) in [4.78, 5) is 8.24. The molecular formula is C12H17N5. The Labute approximate surface area is 101 Å². The number of hydrogen-bond donors (Lipinski definition) is 1. The molecular weight excluding hydrogens is 214 g/mol. The Hall–Kier alpha value is -1.75. The van der Waals surface area contributed by atoms with Crippen molar-refractivity contribution < 1.29 is 0 Å². The highest BCUT2D eigenvalue weighted by molar-refractivity contribution is 5.19. The van der Waals surface area contributed by atoms with Crippen LogP contribution in [0.4, 0.5) is 0 Å². The highest BCUT2D eigenvalue weighted by Gasteiger charge is 2.16. The molecule has 0 radical (unpaired) electrons. The van der Waals surface area contributed by atoms with Crippen molar-refractivity contribution in [2.24, 2.45) is 7.05 Å². The average molecular weight is 231 g/mol. The van der Waals surface area contributed by atoms with Crippen LogP contribution in [0, 0.1) is 0 Å². The van der Waals surface area contributed by atoms with E-state index in [9.17, 15) is 0 Å². The van der Waals surface area contributed by atoms with Crippen LogP contribution >= 0.6 is 0 Å². The molecule has 0 fully saturated rings. The zero-order valence-corrected chi connectivity index (χ0v) is 10.2. The van der Waals surface area contributed by atoms with Crippen LogP contribution < -0.4 is 5.32 Å². The van der Waals surface area contributed by atoms with Crippen molar-refractivity contribution >= 4 is 0 Å². The van der Waals surface area contributed by atoms with Gasteiger partial charge in [-0.05, 0) is 25.1 Å². The van der Waals surface area contributed by atoms with Gasteiger partial charge in [-0.1, -0.05) is 6.92 Å². The van der Waals surface area contributed by atoms with E-state index < -0.39 is 0 Å². The van der Waals surface area contributed by atoms with Crippen molar-refractivity contribution in [1.82, 2.24) is 25.1 Å². The second-order valence-corrected chi connectivity index (χ2v) is 3.94. The summed E-state index contributed by atoms with van der Waals surface area (Å²) in [6.07, 6.45) is 6.34. The second-order valence-electron chi connectivity index (χ2n) is 3.94. The molecule has 5 heteroatoms. The Morgan fingerprint density at radius 1 is 1.35 bits per heavy atom. The first-order valence-electron chi connectivity index (χ1n) is 5.80. The lowest BCUT2D eigenvalue weighted by Gasteiger charge is -2.15. The molecule has 1 N–H and O–H groups in total. The molecule has 1 unspecified atom stereocenters. The van der Waals surface area contributed by atoms with Crippen LogP contribution in [0.25, 0.3) is 0 Å². The van der Waals surface area contributed by atoms with Gasteiger partial charge in [-0.3, -0.25) is 4.68 Å². The lowest BCUT2D eigenvalue weighted by molar-refractivity contribution is 0.563. The molecule has 0 bridgehead atoms. The molecule has 2 rings (SSSR count). The zero-order valence-electron chi connectivity index (χ0n) is 10.2. The van der Waals surface area contributed by atoms with E-state index in [0.717, 1.165) is 24.4 Å². The Morgan fingerprint density at radius 2 is 2.24 bits per heavy atom. The molecule has 1 atom stereocenters. The van der Waals surface area contributed by atoms with E-state index in [-0.39, 0.29) is 6.04 Å². The van der Waals surface area contributed by atoms with Gasteiger partial charge in [0, 0.05) is 19.4 Å². The summed E-state index contributed by atoms with van der Waals surface area (Å²) in [6, 6.07) is 3.97. The van der Waals surface area contributed by atoms with E-state index >= 15 is 0 Å². The van der Waals surface area contributed by atoms with Crippen molar-refractivity contribution in [3.05, 3.63) is 42.2 Å². The monoisotopic (exact) mass is 231 g/mol. The van der Waals surface area contributed by atoms with Gasteiger partial charge in [-0.15, -0.1) is 0 Å². The minimum atomic E-state index is 0.0409. The van der Waals surface area contributed by atoms with Gasteiger partial charge in [0.05, 0.1) is 17.4 Å². The van der Waals surface area contributed by atoms with Crippen LogP contribution in [0.15, 0.2) is 30.9 Å². The van der Waals surface area contributed by atoms with Crippen LogP contribution in [0.2, 0.25) is 0 Å². The predicted molar refractivity (Wildman–Crippen MR) is 65.4 cm³/mol. The molecule has 0 saturated heterocycles. The number of rotatable bonds is 5. The maximum absolute atomic E-state index is 4.43. The van der Waals surface area contributed by atoms with E-state index in [2.05, 4.69) is 27.3 Å². The number of nitrogens with zero attached hydrogens (tertiary/aromatic N) is 4. The average Bonchev–Trinajstić information content (AvgIpc) is 2.78. The van der Waals surface area contributed by atoms with Crippen LogP contribution in [-0.2, 0) is 7.05 Å². The Kier molecular flexibility index (Phi) is 3.82. The van der Waals surface area contributed by atoms with Gasteiger partial charge in [-0.2, -0.15) is 5.10 Å². The van der Waals surface area contributed by atoms with Gasteiger partial charge in [0.15, 0.2) is 0 Å². The molecule has 5 nitrogen and oxygen atoms in total. The third-order valence-corrected chi connectivity index (χ3v) is 2.53. The largest absolute Gasteiger partial charge is 0.304 e. The molecule has 2 heterocycles. The minimum Gasteiger partial charge on any atom is -0.304 e. The third-order valence-electron chi connectivity index (χ3n) is 2.53. The Balaban J connectivity index is 2.25. The lowest BCUT2D eigenvalue weighted by atomic mass is 10.1. The van der Waals surface area contributed by atoms with Crippen molar-refractivity contribution in [2.45, 2.75) is 19.4 Å². The fourth-order valence-electron chi connectivity index (χ4n) is 1.71. The summed E-state index contributed by atoms with van der Waals surface area (Å²) in [5.74, 6) is 0. The Morgan fingerprint density at radius 3 is 2.82 bits per heavy atom. The van der Waals surface area contributed by atoms with Gasteiger partial charge in [-0.25, -0.2) is 9.97 Å². The summed E-state index contributed by atoms with van der Waals surface area (Å²) in [5, 5.41) is 7.88. The Bertz CT molecular complexity index is 451. The third kappa shape index (κ3) is 2.88. The molecule has 0 spiro atoms. The molecule has 0 saturated carbocycles. The molecule has 0 aliphatic heterocycles. The quantitative estimate of drug-likeness (QED) is 0.842. The number of aromatic nitrogens is 4. The van der Waals surface area contributed by atoms with Gasteiger partial charge >= 0.3 is 0 Å². The molecule has 2 aromatic rings. The van der Waals surface area contributed by atoms with E-state index in [1.807, 2.05) is 25.4 Å². The predicted octanol–water partition coefficient (Wildman–Crippen LogP) is 1.30. The molecule has 90 valence electrons. The van der Waals surface area contributed by atoms with E-state index in [4.69, 9.17) is 0 Å². The van der Waals surface area contributed by atoms with Crippen molar-refractivity contribution in [3.8, 4) is 0 Å². The molecule has 17 heavy (non-hydrogen) atoms. The van der Waals surface area contributed by atoms with E-state index in [1.54, 1.807) is 17.2 Å². The number of nitrogens with one attached hydrogen (secondary N) is 1. The van der Waals surface area contributed by atoms with E-state index in [1.165, 1.54) is 0 Å². The second kappa shape index (κ2) is 5.54. The normalized spacial score (nSPS) is 12.6. The van der Waals surface area contributed by atoms with Crippen molar-refractivity contribution in [2.75, 3.05) is 6.54 Å². The maximum atomic E-state index is 4.43. The fraction of sp³-hybridized carbons (Fsp3) is 0.417. The maximum Gasteiger partial charge on any atom is 0.115 e. The van der Waals surface area contributed by atoms with Crippen molar-refractivity contribution in [3.63, 3.8) is 0 Å². The van der Waals surface area contributed by atoms with Gasteiger partial charge in [0.25, 0.3) is 0 Å². The topological polar surface area (TPSA) is 55.6 Å². The molecule has 0 aliphatic carbocycles. The highest BCUT2D eigenvalue weighted by atomic mass is 15.3. The highest BCUT2D eigenvalue weighted by Crippen LogP contribution is 2.17. The standard InChI is InChI=1S/C12H17N5/c1-3-6-14-12(10-4-7-13-9-15-10)11-5-8-17(2)16-11/h4-5,7-9,12,14H,3,6H2,1-2H3. The minimum absolute atomic E-state index is 0.0409. The molecule has 0 aliphatic rings. The first-order chi connectivity index (χ1) is 8.31. The van der Waals surface area contributed by atoms with Crippen LogP contribution in [0.3, 0.4) is 0 Å². The van der Waals surface area contributed by atoms with Gasteiger partial charge < -0.3 is 5.32 Å². The fourth-order valence-corrected chi connectivity index (χ4v) is 1.71. The van der Waals surface area contributed by atoms with Gasteiger partial charge in [0.2, 0.25) is 0 Å². The molecule has 0 aromatic carbocycles. The van der Waals surface area contributed by atoms with Crippen LogP contribution in [0.5, 0.6) is 0 Å². The molecule has 2 aromatic heterocycles.